The molecule has 0 spiro atoms. The molecule has 0 amide bonds. The van der Waals surface area contributed by atoms with Crippen LogP contribution in [-0.4, -0.2) is 23.3 Å². The summed E-state index contributed by atoms with van der Waals surface area (Å²) in [6.07, 6.45) is 0.879. The van der Waals surface area contributed by atoms with E-state index >= 15 is 0 Å². The second-order valence-electron chi connectivity index (χ2n) is 7.15. The molecule has 0 unspecified atom stereocenters. The van der Waals surface area contributed by atoms with E-state index in [0.29, 0.717) is 13.2 Å². The highest BCUT2D eigenvalue weighted by Crippen LogP contribution is 2.21. The van der Waals surface area contributed by atoms with E-state index in [1.807, 2.05) is 54.6 Å². The summed E-state index contributed by atoms with van der Waals surface area (Å²) in [7, 11) is 1.65. The van der Waals surface area contributed by atoms with Crippen LogP contribution in [0.5, 0.6) is 17.2 Å². The Balaban J connectivity index is 1.42. The smallest absolute Gasteiger partial charge is 0.147 e. The topological polar surface area (TPSA) is 45.5 Å². The van der Waals surface area contributed by atoms with Crippen LogP contribution >= 0.6 is 0 Å². The number of aryl methyl sites for hydroxylation is 2. The Kier molecular flexibility index (Phi) is 6.18. The maximum Gasteiger partial charge on any atom is 0.147 e. The van der Waals surface area contributed by atoms with Crippen LogP contribution < -0.4 is 14.2 Å². The van der Waals surface area contributed by atoms with Crippen molar-refractivity contribution in [2.75, 3.05) is 13.7 Å². The van der Waals surface area contributed by atoms with Crippen LogP contribution in [-0.2, 0) is 13.2 Å². The van der Waals surface area contributed by atoms with Gasteiger partial charge in [-0.05, 0) is 61.9 Å². The molecule has 0 saturated carbocycles. The number of ether oxygens (including phenoxy) is 3. The molecular weight excluding hydrogens is 376 g/mol. The van der Waals surface area contributed by atoms with E-state index in [0.717, 1.165) is 47.1 Å². The number of methoxy groups -OCH3 is 1. The number of nitrogens with zero attached hydrogens (tertiary/aromatic N) is 2. The molecular formula is C25H26N2O3. The van der Waals surface area contributed by atoms with Crippen molar-refractivity contribution < 1.29 is 14.2 Å². The minimum atomic E-state index is 0.403. The summed E-state index contributed by atoms with van der Waals surface area (Å²) >= 11 is 0. The fourth-order valence-electron chi connectivity index (χ4n) is 3.35. The largest absolute Gasteiger partial charge is 0.497 e. The van der Waals surface area contributed by atoms with Crippen molar-refractivity contribution in [1.82, 2.24) is 9.55 Å². The first-order chi connectivity index (χ1) is 14.7. The second kappa shape index (κ2) is 9.35. The maximum atomic E-state index is 5.98. The summed E-state index contributed by atoms with van der Waals surface area (Å²) in [5.74, 6) is 3.40. The highest BCUT2D eigenvalue weighted by molar-refractivity contribution is 5.75. The van der Waals surface area contributed by atoms with E-state index in [1.54, 1.807) is 7.11 Å². The predicted molar refractivity (Wildman–Crippen MR) is 118 cm³/mol. The maximum absolute atomic E-state index is 5.98. The van der Waals surface area contributed by atoms with Crippen LogP contribution in [0.2, 0.25) is 0 Å². The first-order valence-electron chi connectivity index (χ1n) is 10.1. The van der Waals surface area contributed by atoms with Gasteiger partial charge in [0.2, 0.25) is 0 Å². The highest BCUT2D eigenvalue weighted by atomic mass is 16.5. The van der Waals surface area contributed by atoms with Crippen LogP contribution in [0.15, 0.2) is 72.8 Å². The zero-order valence-electron chi connectivity index (χ0n) is 17.4. The van der Waals surface area contributed by atoms with E-state index in [2.05, 4.69) is 29.7 Å². The lowest BCUT2D eigenvalue weighted by molar-refractivity contribution is 0.280. The standard InChI is InChI=1S/C25H26N2O3/c1-19-8-10-21(11-9-19)29-17-5-16-27-24-7-4-3-6-23(24)26-25(27)18-30-22-14-12-20(28-2)13-15-22/h3-4,6-15H,5,16-18H2,1-2H3. The average molecular weight is 402 g/mol. The molecule has 0 saturated heterocycles. The van der Waals surface area contributed by atoms with Crippen molar-refractivity contribution in [3.05, 3.63) is 84.2 Å². The third-order valence-electron chi connectivity index (χ3n) is 4.98. The van der Waals surface area contributed by atoms with Crippen molar-refractivity contribution in [3.8, 4) is 17.2 Å². The van der Waals surface area contributed by atoms with Gasteiger partial charge in [0.25, 0.3) is 0 Å². The van der Waals surface area contributed by atoms with Crippen molar-refractivity contribution in [1.29, 1.82) is 0 Å². The zero-order valence-corrected chi connectivity index (χ0v) is 17.4. The van der Waals surface area contributed by atoms with Gasteiger partial charge in [-0.3, -0.25) is 0 Å². The first-order valence-corrected chi connectivity index (χ1v) is 10.1. The van der Waals surface area contributed by atoms with Gasteiger partial charge in [0, 0.05) is 6.54 Å². The van der Waals surface area contributed by atoms with Crippen molar-refractivity contribution >= 4 is 11.0 Å². The van der Waals surface area contributed by atoms with Crippen LogP contribution in [0, 0.1) is 6.92 Å². The molecule has 4 aromatic rings. The van der Waals surface area contributed by atoms with Crippen LogP contribution in [0.3, 0.4) is 0 Å². The van der Waals surface area contributed by atoms with Gasteiger partial charge in [0.05, 0.1) is 24.8 Å². The van der Waals surface area contributed by atoms with E-state index in [1.165, 1.54) is 5.56 Å². The summed E-state index contributed by atoms with van der Waals surface area (Å²) in [4.78, 5) is 4.78. The van der Waals surface area contributed by atoms with E-state index < -0.39 is 0 Å². The average Bonchev–Trinajstić information content (AvgIpc) is 3.14. The van der Waals surface area contributed by atoms with Gasteiger partial charge in [0.1, 0.15) is 29.7 Å². The third-order valence-corrected chi connectivity index (χ3v) is 4.98. The third kappa shape index (κ3) is 4.74. The Bertz CT molecular complexity index is 1090. The van der Waals surface area contributed by atoms with Gasteiger partial charge >= 0.3 is 0 Å². The molecule has 0 radical (unpaired) electrons. The Morgan fingerprint density at radius 1 is 0.800 bits per heavy atom. The Morgan fingerprint density at radius 3 is 2.23 bits per heavy atom. The number of fused-ring (bicyclic) bond motifs is 1. The number of imidazole rings is 1. The summed E-state index contributed by atoms with van der Waals surface area (Å²) < 4.78 is 19.3. The molecule has 154 valence electrons. The van der Waals surface area contributed by atoms with Crippen LogP contribution in [0.4, 0.5) is 0 Å². The Hall–Kier alpha value is -3.47. The SMILES string of the molecule is COc1ccc(OCc2nc3ccccc3n2CCCOc2ccc(C)cc2)cc1. The quantitative estimate of drug-likeness (QED) is 0.352. The minimum absolute atomic E-state index is 0.403. The van der Waals surface area contributed by atoms with Gasteiger partial charge in [-0.2, -0.15) is 0 Å². The molecule has 0 aliphatic heterocycles. The molecule has 0 fully saturated rings. The summed E-state index contributed by atoms with van der Waals surface area (Å²) in [5, 5.41) is 0. The zero-order chi connectivity index (χ0) is 20.8. The van der Waals surface area contributed by atoms with Crippen molar-refractivity contribution in [2.24, 2.45) is 0 Å². The Morgan fingerprint density at radius 2 is 1.47 bits per heavy atom. The van der Waals surface area contributed by atoms with Crippen molar-refractivity contribution in [3.63, 3.8) is 0 Å². The van der Waals surface area contributed by atoms with Gasteiger partial charge < -0.3 is 18.8 Å². The fraction of sp³-hybridized carbons (Fsp3) is 0.240. The molecule has 3 aromatic carbocycles. The summed E-state index contributed by atoms with van der Waals surface area (Å²) in [6.45, 7) is 3.94. The molecule has 1 aromatic heterocycles. The molecule has 0 atom stereocenters. The molecule has 5 nitrogen and oxygen atoms in total. The van der Waals surface area contributed by atoms with Crippen LogP contribution in [0.1, 0.15) is 17.8 Å². The lowest BCUT2D eigenvalue weighted by Gasteiger charge is -2.12. The first kappa shape index (κ1) is 19.8. The molecule has 0 N–H and O–H groups in total. The highest BCUT2D eigenvalue weighted by Gasteiger charge is 2.11. The summed E-state index contributed by atoms with van der Waals surface area (Å²) in [5.41, 5.74) is 3.32. The molecule has 4 rings (SSSR count). The normalized spacial score (nSPS) is 10.9. The molecule has 0 aliphatic carbocycles. The molecule has 30 heavy (non-hydrogen) atoms. The van der Waals surface area contributed by atoms with E-state index in [-0.39, 0.29) is 0 Å². The Labute approximate surface area is 176 Å². The van der Waals surface area contributed by atoms with Gasteiger partial charge in [-0.1, -0.05) is 29.8 Å². The second-order valence-corrected chi connectivity index (χ2v) is 7.15. The number of para-hydroxylation sites is 2. The molecule has 0 bridgehead atoms. The molecule has 0 aliphatic rings. The number of rotatable bonds is 9. The van der Waals surface area contributed by atoms with Gasteiger partial charge in [-0.25, -0.2) is 4.98 Å². The summed E-state index contributed by atoms with van der Waals surface area (Å²) in [6, 6.07) is 23.9. The predicted octanol–water partition coefficient (Wildman–Crippen LogP) is 5.40. The van der Waals surface area contributed by atoms with E-state index in [4.69, 9.17) is 19.2 Å². The van der Waals surface area contributed by atoms with Gasteiger partial charge in [-0.15, -0.1) is 0 Å². The van der Waals surface area contributed by atoms with Crippen molar-refractivity contribution in [2.45, 2.75) is 26.5 Å². The monoisotopic (exact) mass is 402 g/mol. The molecule has 1 heterocycles. The number of hydrogen-bond donors (Lipinski definition) is 0. The molecule has 5 heteroatoms. The van der Waals surface area contributed by atoms with Crippen LogP contribution in [0.25, 0.3) is 11.0 Å². The number of hydrogen-bond acceptors (Lipinski definition) is 4. The lowest BCUT2D eigenvalue weighted by atomic mass is 10.2. The van der Waals surface area contributed by atoms with E-state index in [9.17, 15) is 0 Å². The number of benzene rings is 3. The minimum Gasteiger partial charge on any atom is -0.497 e. The fourth-order valence-corrected chi connectivity index (χ4v) is 3.35. The number of aromatic nitrogens is 2. The lowest BCUT2D eigenvalue weighted by Crippen LogP contribution is -2.10. The van der Waals surface area contributed by atoms with Gasteiger partial charge in [0.15, 0.2) is 0 Å².